The smallest absolute Gasteiger partial charge is 0.0644 e. The third kappa shape index (κ3) is 3.70. The van der Waals surface area contributed by atoms with Crippen LogP contribution in [-0.2, 0) is 4.74 Å². The first-order chi connectivity index (χ1) is 7.65. The number of hydrogen-bond donors (Lipinski definition) is 2. The van der Waals surface area contributed by atoms with Gasteiger partial charge in [0, 0.05) is 13.1 Å². The number of ether oxygens (including phenoxy) is 1. The van der Waals surface area contributed by atoms with Crippen molar-refractivity contribution in [1.29, 1.82) is 0 Å². The Hall–Kier alpha value is -0.160. The van der Waals surface area contributed by atoms with Gasteiger partial charge in [0.1, 0.15) is 0 Å². The third-order valence-corrected chi connectivity index (χ3v) is 3.49. The van der Waals surface area contributed by atoms with Gasteiger partial charge in [0.05, 0.1) is 25.9 Å². The van der Waals surface area contributed by atoms with Gasteiger partial charge in [-0.15, -0.1) is 0 Å². The van der Waals surface area contributed by atoms with Gasteiger partial charge in [-0.05, 0) is 18.4 Å². The van der Waals surface area contributed by atoms with E-state index in [1.165, 1.54) is 0 Å². The highest BCUT2D eigenvalue weighted by Gasteiger charge is 2.30. The quantitative estimate of drug-likeness (QED) is 0.695. The van der Waals surface area contributed by atoms with E-state index in [-0.39, 0.29) is 18.1 Å². The fraction of sp³-hybridized carbons (Fsp3) is 1.00. The summed E-state index contributed by atoms with van der Waals surface area (Å²) in [5, 5.41) is 9.31. The number of morpholine rings is 1. The molecule has 96 valence electrons. The minimum Gasteiger partial charge on any atom is -0.395 e. The molecule has 1 aliphatic heterocycles. The van der Waals surface area contributed by atoms with Gasteiger partial charge >= 0.3 is 0 Å². The van der Waals surface area contributed by atoms with Crippen LogP contribution in [0.2, 0.25) is 0 Å². The maximum atomic E-state index is 9.31. The lowest BCUT2D eigenvalue weighted by Crippen LogP contribution is -2.52. The Kier molecular flexibility index (Phi) is 5.69. The van der Waals surface area contributed by atoms with Gasteiger partial charge in [-0.25, -0.2) is 0 Å². The number of rotatable bonds is 6. The van der Waals surface area contributed by atoms with Crippen molar-refractivity contribution in [3.8, 4) is 0 Å². The molecule has 1 fully saturated rings. The zero-order valence-corrected chi connectivity index (χ0v) is 10.6. The Bertz CT molecular complexity index is 201. The van der Waals surface area contributed by atoms with E-state index in [1.807, 2.05) is 0 Å². The van der Waals surface area contributed by atoms with Gasteiger partial charge in [-0.1, -0.05) is 20.3 Å². The highest BCUT2D eigenvalue weighted by molar-refractivity contribution is 4.84. The molecule has 0 bridgehead atoms. The molecule has 1 aliphatic rings. The van der Waals surface area contributed by atoms with E-state index in [1.54, 1.807) is 0 Å². The molecule has 0 aromatic heterocycles. The summed E-state index contributed by atoms with van der Waals surface area (Å²) in [6.07, 6.45) is 2.29. The lowest BCUT2D eigenvalue weighted by atomic mass is 9.84. The van der Waals surface area contributed by atoms with Crippen molar-refractivity contribution in [3.63, 3.8) is 0 Å². The monoisotopic (exact) mass is 230 g/mol. The van der Waals surface area contributed by atoms with Crippen LogP contribution < -0.4 is 5.73 Å². The average molecular weight is 230 g/mol. The summed E-state index contributed by atoms with van der Waals surface area (Å²) in [6, 6.07) is 0.150. The number of hydrogen-bond acceptors (Lipinski definition) is 4. The Morgan fingerprint density at radius 3 is 2.88 bits per heavy atom. The molecule has 0 aliphatic carbocycles. The van der Waals surface area contributed by atoms with Crippen molar-refractivity contribution in [2.45, 2.75) is 32.7 Å². The fourth-order valence-electron chi connectivity index (χ4n) is 2.41. The molecule has 0 spiro atoms. The van der Waals surface area contributed by atoms with E-state index in [2.05, 4.69) is 18.7 Å². The molecule has 3 N–H and O–H groups in total. The molecular weight excluding hydrogens is 204 g/mol. The van der Waals surface area contributed by atoms with Crippen LogP contribution in [0.15, 0.2) is 0 Å². The van der Waals surface area contributed by atoms with E-state index in [4.69, 9.17) is 10.5 Å². The first-order valence-electron chi connectivity index (χ1n) is 6.28. The highest BCUT2D eigenvalue weighted by atomic mass is 16.5. The van der Waals surface area contributed by atoms with Crippen molar-refractivity contribution in [3.05, 3.63) is 0 Å². The molecule has 2 unspecified atom stereocenters. The lowest BCUT2D eigenvalue weighted by Gasteiger charge is -2.40. The predicted octanol–water partition coefficient (Wildman–Crippen LogP) is 0.445. The summed E-state index contributed by atoms with van der Waals surface area (Å²) in [5.41, 5.74) is 6.04. The van der Waals surface area contributed by atoms with Crippen LogP contribution in [-0.4, -0.2) is 55.5 Å². The number of nitrogens with two attached hydrogens (primary N) is 1. The molecular formula is C12H26N2O2. The van der Waals surface area contributed by atoms with Gasteiger partial charge < -0.3 is 15.6 Å². The summed E-state index contributed by atoms with van der Waals surface area (Å²) in [4.78, 5) is 2.33. The highest BCUT2D eigenvalue weighted by Crippen LogP contribution is 2.24. The fourth-order valence-corrected chi connectivity index (χ4v) is 2.41. The van der Waals surface area contributed by atoms with Crippen molar-refractivity contribution >= 4 is 0 Å². The van der Waals surface area contributed by atoms with E-state index in [0.717, 1.165) is 32.5 Å². The van der Waals surface area contributed by atoms with Gasteiger partial charge in [-0.2, -0.15) is 0 Å². The van der Waals surface area contributed by atoms with Crippen LogP contribution in [0.4, 0.5) is 0 Å². The van der Waals surface area contributed by atoms with Gasteiger partial charge in [-0.3, -0.25) is 4.90 Å². The van der Waals surface area contributed by atoms with Crippen LogP contribution in [0, 0.1) is 5.41 Å². The second-order valence-corrected chi connectivity index (χ2v) is 5.15. The summed E-state index contributed by atoms with van der Waals surface area (Å²) >= 11 is 0. The van der Waals surface area contributed by atoms with Crippen molar-refractivity contribution < 1.29 is 9.84 Å². The van der Waals surface area contributed by atoms with E-state index in [9.17, 15) is 5.11 Å². The first-order valence-corrected chi connectivity index (χ1v) is 6.28. The standard InChI is InChI=1S/C12H26N2O2/c1-3-4-12(2,9-13)10-14-5-6-16-8-11(14)7-15/h11,15H,3-10,13H2,1-2H3. The maximum Gasteiger partial charge on any atom is 0.0644 e. The molecule has 0 radical (unpaired) electrons. The molecule has 0 aromatic carbocycles. The summed E-state index contributed by atoms with van der Waals surface area (Å²) < 4.78 is 5.38. The number of aliphatic hydroxyl groups excluding tert-OH is 1. The molecule has 4 nitrogen and oxygen atoms in total. The van der Waals surface area contributed by atoms with Crippen LogP contribution in [0.25, 0.3) is 0 Å². The first kappa shape index (κ1) is 13.9. The summed E-state index contributed by atoms with van der Waals surface area (Å²) in [7, 11) is 0. The van der Waals surface area contributed by atoms with Crippen LogP contribution in [0.1, 0.15) is 26.7 Å². The normalized spacial score (nSPS) is 26.6. The summed E-state index contributed by atoms with van der Waals surface area (Å²) in [5.74, 6) is 0. The van der Waals surface area contributed by atoms with E-state index >= 15 is 0 Å². The largest absolute Gasteiger partial charge is 0.395 e. The maximum absolute atomic E-state index is 9.31. The Morgan fingerprint density at radius 2 is 2.31 bits per heavy atom. The number of nitrogens with zero attached hydrogens (tertiary/aromatic N) is 1. The Morgan fingerprint density at radius 1 is 1.56 bits per heavy atom. The lowest BCUT2D eigenvalue weighted by molar-refractivity contribution is -0.0427. The molecule has 0 amide bonds. The van der Waals surface area contributed by atoms with E-state index < -0.39 is 0 Å². The van der Waals surface area contributed by atoms with Crippen LogP contribution >= 0.6 is 0 Å². The van der Waals surface area contributed by atoms with E-state index in [0.29, 0.717) is 13.2 Å². The minimum atomic E-state index is 0.150. The van der Waals surface area contributed by atoms with Crippen LogP contribution in [0.3, 0.4) is 0 Å². The third-order valence-electron chi connectivity index (χ3n) is 3.49. The average Bonchev–Trinajstić information content (AvgIpc) is 2.30. The van der Waals surface area contributed by atoms with Crippen molar-refractivity contribution in [2.75, 3.05) is 39.5 Å². The Labute approximate surface area is 98.8 Å². The minimum absolute atomic E-state index is 0.150. The second kappa shape index (κ2) is 6.55. The molecule has 0 aromatic rings. The zero-order valence-electron chi connectivity index (χ0n) is 10.6. The molecule has 1 rings (SSSR count). The molecule has 1 saturated heterocycles. The van der Waals surface area contributed by atoms with Gasteiger partial charge in [0.25, 0.3) is 0 Å². The second-order valence-electron chi connectivity index (χ2n) is 5.15. The summed E-state index contributed by atoms with van der Waals surface area (Å²) in [6.45, 7) is 8.59. The zero-order chi connectivity index (χ0) is 12.0. The topological polar surface area (TPSA) is 58.7 Å². The molecule has 1 heterocycles. The van der Waals surface area contributed by atoms with Crippen molar-refractivity contribution in [2.24, 2.45) is 11.1 Å². The van der Waals surface area contributed by atoms with Gasteiger partial charge in [0.2, 0.25) is 0 Å². The van der Waals surface area contributed by atoms with Crippen LogP contribution in [0.5, 0.6) is 0 Å². The number of aliphatic hydroxyl groups is 1. The molecule has 0 saturated carbocycles. The molecule has 4 heteroatoms. The SMILES string of the molecule is CCCC(C)(CN)CN1CCOCC1CO. The molecule has 16 heavy (non-hydrogen) atoms. The predicted molar refractivity (Wildman–Crippen MR) is 65.3 cm³/mol. The van der Waals surface area contributed by atoms with Gasteiger partial charge in [0.15, 0.2) is 0 Å². The Balaban J connectivity index is 2.54. The van der Waals surface area contributed by atoms with Crippen molar-refractivity contribution in [1.82, 2.24) is 4.90 Å². The molecule has 2 atom stereocenters.